The van der Waals surface area contributed by atoms with Crippen LogP contribution in [0.5, 0.6) is 0 Å². The Balaban J connectivity index is 1.76. The molecule has 7 nitrogen and oxygen atoms in total. The topological polar surface area (TPSA) is 68.3 Å². The van der Waals surface area contributed by atoms with Crippen molar-refractivity contribution in [2.24, 2.45) is 17.8 Å². The second-order valence-corrected chi connectivity index (χ2v) is 7.51. The van der Waals surface area contributed by atoms with Gasteiger partial charge in [-0.15, -0.1) is 0 Å². The van der Waals surface area contributed by atoms with Gasteiger partial charge in [0.2, 0.25) is 6.41 Å². The van der Waals surface area contributed by atoms with Gasteiger partial charge in [0.1, 0.15) is 11.4 Å². The fourth-order valence-corrected chi connectivity index (χ4v) is 3.64. The lowest BCUT2D eigenvalue weighted by molar-refractivity contribution is -0.190. The maximum atomic E-state index is 12.4. The summed E-state index contributed by atoms with van der Waals surface area (Å²) >= 11 is 0. The van der Waals surface area contributed by atoms with Crippen molar-refractivity contribution in [2.45, 2.75) is 39.2 Å². The molecule has 2 fully saturated rings. The van der Waals surface area contributed by atoms with E-state index in [2.05, 4.69) is 0 Å². The Bertz CT molecular complexity index is 466. The summed E-state index contributed by atoms with van der Waals surface area (Å²) < 4.78 is 16.1. The number of fused-ring (bicyclic) bond motifs is 1. The SMILES string of the molecule is COC(OC)N(C)CCC(C)(C)OC(=O)N1C[C@@H]2[C@H](C1)[C@H]2C(C)=O. The second-order valence-electron chi connectivity index (χ2n) is 7.51. The lowest BCUT2D eigenvalue weighted by atomic mass is 10.1. The maximum Gasteiger partial charge on any atom is 0.410 e. The van der Waals surface area contributed by atoms with E-state index >= 15 is 0 Å². The van der Waals surface area contributed by atoms with E-state index in [0.717, 1.165) is 0 Å². The van der Waals surface area contributed by atoms with Crippen molar-refractivity contribution in [1.29, 1.82) is 0 Å². The van der Waals surface area contributed by atoms with Crippen LogP contribution in [0.4, 0.5) is 4.79 Å². The molecule has 0 radical (unpaired) electrons. The van der Waals surface area contributed by atoms with Gasteiger partial charge in [-0.25, -0.2) is 4.79 Å². The summed E-state index contributed by atoms with van der Waals surface area (Å²) in [6, 6.07) is 0. The number of ketones is 1. The second kappa shape index (κ2) is 7.37. The Kier molecular flexibility index (Phi) is 5.88. The number of nitrogens with zero attached hydrogens (tertiary/aromatic N) is 2. The number of ether oxygens (including phenoxy) is 3. The van der Waals surface area contributed by atoms with Crippen LogP contribution in [-0.4, -0.2) is 74.6 Å². The molecule has 0 aromatic heterocycles. The molecule has 1 aliphatic carbocycles. The monoisotopic (exact) mass is 342 g/mol. The van der Waals surface area contributed by atoms with Gasteiger partial charge in [0, 0.05) is 39.8 Å². The molecule has 0 aromatic carbocycles. The van der Waals surface area contributed by atoms with Gasteiger partial charge >= 0.3 is 6.09 Å². The average molecular weight is 342 g/mol. The Hall–Kier alpha value is -1.18. The van der Waals surface area contributed by atoms with Gasteiger partial charge in [0.15, 0.2) is 0 Å². The molecule has 2 aliphatic rings. The molecule has 0 aromatic rings. The van der Waals surface area contributed by atoms with Gasteiger partial charge in [-0.05, 0) is 46.1 Å². The van der Waals surface area contributed by atoms with E-state index in [0.29, 0.717) is 37.9 Å². The highest BCUT2D eigenvalue weighted by atomic mass is 16.7. The van der Waals surface area contributed by atoms with Gasteiger partial charge < -0.3 is 19.1 Å². The number of carbonyl (C=O) groups is 2. The summed E-state index contributed by atoms with van der Waals surface area (Å²) in [6.07, 6.45) is -0.0345. The standard InChI is InChI=1S/C17H30N2O5/c1-11(20)14-12-9-19(10-13(12)14)15(21)24-17(2,3)7-8-18(4)16(22-5)23-6/h12-14,16H,7-10H2,1-6H3/t12-,13+,14+. The molecular formula is C17H30N2O5. The molecule has 1 saturated carbocycles. The van der Waals surface area contributed by atoms with Gasteiger partial charge in [-0.1, -0.05) is 0 Å². The smallest absolute Gasteiger partial charge is 0.410 e. The van der Waals surface area contributed by atoms with Crippen molar-refractivity contribution in [3.05, 3.63) is 0 Å². The predicted octanol–water partition coefficient (Wildman–Crippen LogP) is 1.57. The third-order valence-electron chi connectivity index (χ3n) is 5.11. The molecular weight excluding hydrogens is 312 g/mol. The van der Waals surface area contributed by atoms with Crippen LogP contribution < -0.4 is 0 Å². The van der Waals surface area contributed by atoms with Gasteiger partial charge in [0.25, 0.3) is 0 Å². The number of amides is 1. The summed E-state index contributed by atoms with van der Waals surface area (Å²) in [4.78, 5) is 27.4. The van der Waals surface area contributed by atoms with Crippen LogP contribution in [0.25, 0.3) is 0 Å². The molecule has 0 N–H and O–H groups in total. The fraction of sp³-hybridized carbons (Fsp3) is 0.882. The highest BCUT2D eigenvalue weighted by Crippen LogP contribution is 2.52. The number of carbonyl (C=O) groups excluding carboxylic acids is 2. The minimum atomic E-state index is -0.579. The molecule has 2 rings (SSSR count). The predicted molar refractivity (Wildman–Crippen MR) is 88.3 cm³/mol. The van der Waals surface area contributed by atoms with Crippen LogP contribution in [0, 0.1) is 17.8 Å². The summed E-state index contributed by atoms with van der Waals surface area (Å²) in [7, 11) is 5.07. The number of rotatable bonds is 8. The first-order valence-electron chi connectivity index (χ1n) is 8.44. The van der Waals surface area contributed by atoms with Crippen LogP contribution in [0.3, 0.4) is 0 Å². The Morgan fingerprint density at radius 3 is 2.21 bits per heavy atom. The van der Waals surface area contributed by atoms with E-state index < -0.39 is 12.0 Å². The fourth-order valence-electron chi connectivity index (χ4n) is 3.64. The van der Waals surface area contributed by atoms with Crippen molar-refractivity contribution in [3.8, 4) is 0 Å². The number of methoxy groups -OCH3 is 2. The minimum absolute atomic E-state index is 0.163. The van der Waals surface area contributed by atoms with Crippen molar-refractivity contribution in [2.75, 3.05) is 40.9 Å². The Labute approximate surface area is 144 Å². The molecule has 1 saturated heterocycles. The number of hydrogen-bond donors (Lipinski definition) is 0. The summed E-state index contributed by atoms with van der Waals surface area (Å²) in [5, 5.41) is 0. The van der Waals surface area contributed by atoms with Crippen molar-refractivity contribution < 1.29 is 23.8 Å². The quantitative estimate of drug-likeness (QED) is 0.624. The first-order chi connectivity index (χ1) is 11.2. The molecule has 0 bridgehead atoms. The first kappa shape index (κ1) is 19.1. The van der Waals surface area contributed by atoms with Gasteiger partial charge in [-0.3, -0.25) is 9.69 Å². The molecule has 24 heavy (non-hydrogen) atoms. The zero-order valence-corrected chi connectivity index (χ0v) is 15.6. The Morgan fingerprint density at radius 1 is 1.21 bits per heavy atom. The van der Waals surface area contributed by atoms with Gasteiger partial charge in [-0.2, -0.15) is 0 Å². The molecule has 0 spiro atoms. The largest absolute Gasteiger partial charge is 0.443 e. The zero-order valence-electron chi connectivity index (χ0n) is 15.6. The van der Waals surface area contributed by atoms with Crippen LogP contribution in [0.1, 0.15) is 27.2 Å². The maximum absolute atomic E-state index is 12.4. The zero-order chi connectivity index (χ0) is 18.1. The van der Waals surface area contributed by atoms with E-state index in [1.54, 1.807) is 26.0 Å². The normalized spacial score (nSPS) is 26.0. The summed E-state index contributed by atoms with van der Waals surface area (Å²) in [5.74, 6) is 1.09. The average Bonchev–Trinajstić information content (AvgIpc) is 3.02. The van der Waals surface area contributed by atoms with Crippen LogP contribution in [-0.2, 0) is 19.0 Å². The highest BCUT2D eigenvalue weighted by Gasteiger charge is 2.59. The van der Waals surface area contributed by atoms with Gasteiger partial charge in [0.05, 0.1) is 0 Å². The van der Waals surface area contributed by atoms with E-state index in [1.165, 1.54) is 0 Å². The van der Waals surface area contributed by atoms with E-state index in [-0.39, 0.29) is 17.8 Å². The highest BCUT2D eigenvalue weighted by molar-refractivity contribution is 5.83. The number of likely N-dealkylation sites (tertiary alicyclic amines) is 1. The third kappa shape index (κ3) is 4.26. The van der Waals surface area contributed by atoms with E-state index in [9.17, 15) is 9.59 Å². The molecule has 1 aliphatic heterocycles. The summed E-state index contributed by atoms with van der Waals surface area (Å²) in [5.41, 5.74) is -0.579. The van der Waals surface area contributed by atoms with E-state index in [4.69, 9.17) is 14.2 Å². The van der Waals surface area contributed by atoms with Crippen LogP contribution >= 0.6 is 0 Å². The lowest BCUT2D eigenvalue weighted by Crippen LogP contribution is -2.42. The molecule has 1 heterocycles. The molecule has 138 valence electrons. The number of Topliss-reactive ketones (excluding diaryl/α,β-unsaturated/α-hetero) is 1. The number of hydrogen-bond acceptors (Lipinski definition) is 6. The number of piperidine rings is 1. The van der Waals surface area contributed by atoms with Crippen molar-refractivity contribution in [1.82, 2.24) is 9.80 Å². The van der Waals surface area contributed by atoms with Crippen LogP contribution in [0.2, 0.25) is 0 Å². The first-order valence-corrected chi connectivity index (χ1v) is 8.44. The van der Waals surface area contributed by atoms with Crippen molar-refractivity contribution >= 4 is 11.9 Å². The Morgan fingerprint density at radius 2 is 1.75 bits per heavy atom. The third-order valence-corrected chi connectivity index (χ3v) is 5.11. The molecule has 3 atom stereocenters. The summed E-state index contributed by atoms with van der Waals surface area (Å²) in [6.45, 7) is 7.40. The molecule has 1 amide bonds. The lowest BCUT2D eigenvalue weighted by Gasteiger charge is -2.32. The van der Waals surface area contributed by atoms with Crippen molar-refractivity contribution in [3.63, 3.8) is 0 Å². The minimum Gasteiger partial charge on any atom is -0.443 e. The molecule has 0 unspecified atom stereocenters. The molecule has 7 heteroatoms. The van der Waals surface area contributed by atoms with Crippen LogP contribution in [0.15, 0.2) is 0 Å². The van der Waals surface area contributed by atoms with E-state index in [1.807, 2.05) is 25.8 Å².